The van der Waals surface area contributed by atoms with Gasteiger partial charge in [0.05, 0.1) is 23.1 Å². The summed E-state index contributed by atoms with van der Waals surface area (Å²) in [5, 5.41) is 3.39. The van der Waals surface area contributed by atoms with Gasteiger partial charge in [-0.2, -0.15) is 0 Å². The van der Waals surface area contributed by atoms with Crippen LogP contribution >= 0.6 is 11.3 Å². The molecule has 1 aromatic heterocycles. The van der Waals surface area contributed by atoms with Crippen molar-refractivity contribution < 1.29 is 14.3 Å². The maximum atomic E-state index is 12.6. The Morgan fingerprint density at radius 1 is 1.15 bits per heavy atom. The molecule has 0 radical (unpaired) electrons. The molecular formula is C19H23N3O3S. The van der Waals surface area contributed by atoms with Crippen molar-refractivity contribution in [2.24, 2.45) is 0 Å². The average molecular weight is 373 g/mol. The first-order valence-electron chi connectivity index (χ1n) is 8.57. The van der Waals surface area contributed by atoms with E-state index in [0.29, 0.717) is 16.4 Å². The Morgan fingerprint density at radius 2 is 1.85 bits per heavy atom. The number of nitrogens with zero attached hydrogens (tertiary/aromatic N) is 2. The number of thiophene rings is 1. The van der Waals surface area contributed by atoms with E-state index in [-0.39, 0.29) is 11.8 Å². The van der Waals surface area contributed by atoms with Crippen LogP contribution in [0.4, 0.5) is 10.7 Å². The molecule has 0 atom stereocenters. The second kappa shape index (κ2) is 8.33. The first-order chi connectivity index (χ1) is 12.5. The molecule has 26 heavy (non-hydrogen) atoms. The maximum absolute atomic E-state index is 12.6. The van der Waals surface area contributed by atoms with E-state index in [9.17, 15) is 9.59 Å². The molecule has 3 rings (SSSR count). The predicted octanol–water partition coefficient (Wildman–Crippen LogP) is 2.82. The molecule has 2 amide bonds. The lowest BCUT2D eigenvalue weighted by molar-refractivity contribution is -0.114. The summed E-state index contributed by atoms with van der Waals surface area (Å²) in [6.07, 6.45) is 0. The van der Waals surface area contributed by atoms with Gasteiger partial charge in [0.2, 0.25) is 5.91 Å². The van der Waals surface area contributed by atoms with E-state index in [1.165, 1.54) is 23.9 Å². The number of carbonyl (C=O) groups is 2. The van der Waals surface area contributed by atoms with Gasteiger partial charge in [0.15, 0.2) is 0 Å². The number of nitrogens with one attached hydrogen (secondary N) is 1. The minimum atomic E-state index is -0.139. The van der Waals surface area contributed by atoms with Crippen LogP contribution in [0.1, 0.15) is 22.2 Å². The first kappa shape index (κ1) is 18.4. The lowest BCUT2D eigenvalue weighted by Gasteiger charge is -2.29. The number of hydrogen-bond donors (Lipinski definition) is 1. The quantitative estimate of drug-likeness (QED) is 0.875. The zero-order valence-corrected chi connectivity index (χ0v) is 15.8. The number of carbonyl (C=O) groups excluding carboxylic acids is 2. The van der Waals surface area contributed by atoms with Gasteiger partial charge in [-0.15, -0.1) is 11.3 Å². The molecule has 2 aromatic rings. The highest BCUT2D eigenvalue weighted by molar-refractivity contribution is 7.18. The normalized spacial score (nSPS) is 14.2. The highest BCUT2D eigenvalue weighted by atomic mass is 32.1. The molecule has 138 valence electrons. The summed E-state index contributed by atoms with van der Waals surface area (Å²) >= 11 is 1.29. The Kier molecular flexibility index (Phi) is 5.90. The standard InChI is InChI=1S/C19H23N3O3S/c1-14(23)20-18-8-7-17(26-18)19(24)21(2)13-15-3-5-16(6-4-15)22-9-11-25-12-10-22/h3-8H,9-13H2,1-2H3,(H,20,23). The zero-order chi connectivity index (χ0) is 18.5. The molecule has 1 N–H and O–H groups in total. The van der Waals surface area contributed by atoms with Crippen molar-refractivity contribution >= 4 is 33.8 Å². The summed E-state index contributed by atoms with van der Waals surface area (Å²) in [6, 6.07) is 11.8. The number of ether oxygens (including phenoxy) is 1. The zero-order valence-electron chi connectivity index (χ0n) is 15.0. The number of morpholine rings is 1. The van der Waals surface area contributed by atoms with Crippen LogP contribution < -0.4 is 10.2 Å². The third-order valence-electron chi connectivity index (χ3n) is 4.20. The molecule has 0 aliphatic carbocycles. The van der Waals surface area contributed by atoms with Gasteiger partial charge < -0.3 is 19.9 Å². The first-order valence-corrected chi connectivity index (χ1v) is 9.39. The molecule has 0 spiro atoms. The Bertz CT molecular complexity index is 767. The van der Waals surface area contributed by atoms with E-state index in [1.54, 1.807) is 24.1 Å². The van der Waals surface area contributed by atoms with Gasteiger partial charge in [-0.3, -0.25) is 9.59 Å². The Hall–Kier alpha value is -2.38. The van der Waals surface area contributed by atoms with Crippen molar-refractivity contribution in [3.63, 3.8) is 0 Å². The third-order valence-corrected chi connectivity index (χ3v) is 5.18. The van der Waals surface area contributed by atoms with Gasteiger partial charge in [-0.25, -0.2) is 0 Å². The van der Waals surface area contributed by atoms with Crippen molar-refractivity contribution in [1.29, 1.82) is 0 Å². The van der Waals surface area contributed by atoms with Crippen molar-refractivity contribution in [3.05, 3.63) is 46.8 Å². The van der Waals surface area contributed by atoms with Gasteiger partial charge in [0, 0.05) is 39.3 Å². The van der Waals surface area contributed by atoms with E-state index in [1.807, 2.05) is 0 Å². The van der Waals surface area contributed by atoms with Crippen LogP contribution in [0.25, 0.3) is 0 Å². The molecule has 7 heteroatoms. The van der Waals surface area contributed by atoms with Crippen LogP contribution in [0.5, 0.6) is 0 Å². The van der Waals surface area contributed by atoms with Gasteiger partial charge in [-0.05, 0) is 29.8 Å². The minimum Gasteiger partial charge on any atom is -0.378 e. The average Bonchev–Trinajstić information content (AvgIpc) is 3.10. The molecule has 1 aromatic carbocycles. The van der Waals surface area contributed by atoms with Crippen LogP contribution in [0.2, 0.25) is 0 Å². The van der Waals surface area contributed by atoms with Crippen molar-refractivity contribution in [3.8, 4) is 0 Å². The van der Waals surface area contributed by atoms with E-state index >= 15 is 0 Å². The highest BCUT2D eigenvalue weighted by Crippen LogP contribution is 2.24. The third kappa shape index (κ3) is 4.62. The second-order valence-corrected chi connectivity index (χ2v) is 7.36. The summed E-state index contributed by atoms with van der Waals surface area (Å²) in [5.41, 5.74) is 2.26. The number of benzene rings is 1. The molecule has 1 saturated heterocycles. The molecule has 1 aliphatic heterocycles. The lowest BCUT2D eigenvalue weighted by atomic mass is 10.1. The largest absolute Gasteiger partial charge is 0.378 e. The lowest BCUT2D eigenvalue weighted by Crippen LogP contribution is -2.36. The monoisotopic (exact) mass is 373 g/mol. The van der Waals surface area contributed by atoms with Crippen LogP contribution in [-0.4, -0.2) is 50.1 Å². The molecule has 6 nitrogen and oxygen atoms in total. The Balaban J connectivity index is 1.59. The molecule has 1 fully saturated rings. The second-order valence-electron chi connectivity index (χ2n) is 6.27. The van der Waals surface area contributed by atoms with Gasteiger partial charge in [0.1, 0.15) is 0 Å². The summed E-state index contributed by atoms with van der Waals surface area (Å²) in [4.78, 5) is 28.3. The van der Waals surface area contributed by atoms with E-state index in [4.69, 9.17) is 4.74 Å². The van der Waals surface area contributed by atoms with E-state index in [0.717, 1.165) is 31.9 Å². The molecule has 2 heterocycles. The fourth-order valence-electron chi connectivity index (χ4n) is 2.86. The Morgan fingerprint density at radius 3 is 2.50 bits per heavy atom. The molecular weight excluding hydrogens is 350 g/mol. The maximum Gasteiger partial charge on any atom is 0.264 e. The predicted molar refractivity (Wildman–Crippen MR) is 104 cm³/mol. The van der Waals surface area contributed by atoms with Crippen molar-refractivity contribution in [1.82, 2.24) is 4.90 Å². The molecule has 0 unspecified atom stereocenters. The SMILES string of the molecule is CC(=O)Nc1ccc(C(=O)N(C)Cc2ccc(N3CCOCC3)cc2)s1. The van der Waals surface area contributed by atoms with Gasteiger partial charge in [0.25, 0.3) is 5.91 Å². The summed E-state index contributed by atoms with van der Waals surface area (Å²) < 4.78 is 5.38. The fraction of sp³-hybridized carbons (Fsp3) is 0.368. The van der Waals surface area contributed by atoms with Crippen molar-refractivity contribution in [2.75, 3.05) is 43.6 Å². The minimum absolute atomic E-state index is 0.0520. The molecule has 1 aliphatic rings. The van der Waals surface area contributed by atoms with Crippen LogP contribution in [-0.2, 0) is 16.1 Å². The van der Waals surface area contributed by atoms with Gasteiger partial charge >= 0.3 is 0 Å². The smallest absolute Gasteiger partial charge is 0.264 e. The molecule has 0 saturated carbocycles. The van der Waals surface area contributed by atoms with E-state index < -0.39 is 0 Å². The highest BCUT2D eigenvalue weighted by Gasteiger charge is 2.16. The number of anilines is 2. The summed E-state index contributed by atoms with van der Waals surface area (Å²) in [6.45, 7) is 5.34. The number of rotatable bonds is 5. The molecule has 0 bridgehead atoms. The van der Waals surface area contributed by atoms with Crippen molar-refractivity contribution in [2.45, 2.75) is 13.5 Å². The van der Waals surface area contributed by atoms with E-state index in [2.05, 4.69) is 34.5 Å². The number of hydrogen-bond acceptors (Lipinski definition) is 5. The summed E-state index contributed by atoms with van der Waals surface area (Å²) in [7, 11) is 1.79. The topological polar surface area (TPSA) is 61.9 Å². The van der Waals surface area contributed by atoms with Crippen LogP contribution in [0.15, 0.2) is 36.4 Å². The number of amides is 2. The Labute approximate surface area is 157 Å². The fourth-order valence-corrected chi connectivity index (χ4v) is 3.81. The van der Waals surface area contributed by atoms with Gasteiger partial charge in [-0.1, -0.05) is 12.1 Å². The summed E-state index contributed by atoms with van der Waals surface area (Å²) in [5.74, 6) is -0.191. The van der Waals surface area contributed by atoms with Crippen LogP contribution in [0.3, 0.4) is 0 Å². The van der Waals surface area contributed by atoms with Crippen LogP contribution in [0, 0.1) is 0 Å².